The highest BCUT2D eigenvalue weighted by atomic mass is 16.5. The largest absolute Gasteiger partial charge is 0.493 e. The molecule has 0 aliphatic heterocycles. The molecule has 0 atom stereocenters. The second-order valence-corrected chi connectivity index (χ2v) is 5.10. The van der Waals surface area contributed by atoms with Crippen molar-refractivity contribution < 1.29 is 14.3 Å². The molecule has 1 aromatic heterocycles. The van der Waals surface area contributed by atoms with Crippen molar-refractivity contribution in [3.63, 3.8) is 0 Å². The van der Waals surface area contributed by atoms with Gasteiger partial charge in [-0.2, -0.15) is 0 Å². The highest BCUT2D eigenvalue weighted by Gasteiger charge is 2.21. The van der Waals surface area contributed by atoms with Crippen molar-refractivity contribution in [2.24, 2.45) is 5.92 Å². The summed E-state index contributed by atoms with van der Waals surface area (Å²) in [4.78, 5) is 19.9. The van der Waals surface area contributed by atoms with Gasteiger partial charge in [-0.25, -0.2) is 14.8 Å². The maximum absolute atomic E-state index is 11.9. The minimum atomic E-state index is -0.493. The van der Waals surface area contributed by atoms with E-state index in [1.165, 1.54) is 25.1 Å². The van der Waals surface area contributed by atoms with Crippen LogP contribution in [0.15, 0.2) is 36.5 Å². The first-order valence-corrected chi connectivity index (χ1v) is 6.95. The second kappa shape index (κ2) is 5.91. The van der Waals surface area contributed by atoms with Gasteiger partial charge in [-0.3, -0.25) is 0 Å². The predicted octanol–water partition coefficient (Wildman–Crippen LogP) is 2.79. The number of aromatic nitrogens is 2. The van der Waals surface area contributed by atoms with Gasteiger partial charge in [0.25, 0.3) is 0 Å². The third kappa shape index (κ3) is 3.78. The fraction of sp³-hybridized carbons (Fsp3) is 0.312. The van der Waals surface area contributed by atoms with Crippen LogP contribution >= 0.6 is 0 Å². The molecule has 1 heterocycles. The van der Waals surface area contributed by atoms with Gasteiger partial charge in [-0.05, 0) is 56.0 Å². The molecular weight excluding hydrogens is 268 g/mol. The number of aryl methyl sites for hydroxylation is 1. The number of esters is 1. The van der Waals surface area contributed by atoms with Crippen LogP contribution in [-0.4, -0.2) is 22.5 Å². The Hall–Kier alpha value is -2.43. The molecule has 5 heteroatoms. The van der Waals surface area contributed by atoms with Crippen molar-refractivity contribution in [2.75, 3.05) is 6.61 Å². The number of hydrogen-bond donors (Lipinski definition) is 0. The minimum Gasteiger partial charge on any atom is -0.493 e. The van der Waals surface area contributed by atoms with Gasteiger partial charge in [-0.15, -0.1) is 0 Å². The first-order chi connectivity index (χ1) is 10.2. The van der Waals surface area contributed by atoms with Gasteiger partial charge in [0.05, 0.1) is 6.61 Å². The predicted molar refractivity (Wildman–Crippen MR) is 76.4 cm³/mol. The van der Waals surface area contributed by atoms with Crippen LogP contribution < -0.4 is 9.47 Å². The van der Waals surface area contributed by atoms with E-state index in [0.29, 0.717) is 17.5 Å². The number of rotatable bonds is 5. The lowest BCUT2D eigenvalue weighted by Gasteiger charge is -2.07. The Balaban J connectivity index is 1.60. The molecule has 1 saturated carbocycles. The van der Waals surface area contributed by atoms with Gasteiger partial charge in [-0.1, -0.05) is 0 Å². The summed E-state index contributed by atoms with van der Waals surface area (Å²) in [6.07, 6.45) is 4.05. The average molecular weight is 284 g/mol. The van der Waals surface area contributed by atoms with Crippen molar-refractivity contribution in [2.45, 2.75) is 19.8 Å². The minimum absolute atomic E-state index is 0.247. The summed E-state index contributed by atoms with van der Waals surface area (Å²) in [5, 5.41) is 0. The lowest BCUT2D eigenvalue weighted by molar-refractivity contribution is 0.0728. The van der Waals surface area contributed by atoms with Crippen LogP contribution in [0.2, 0.25) is 0 Å². The first kappa shape index (κ1) is 13.5. The maximum atomic E-state index is 11.9. The summed E-state index contributed by atoms with van der Waals surface area (Å²) in [5.41, 5.74) is 0.247. The van der Waals surface area contributed by atoms with E-state index in [2.05, 4.69) is 9.97 Å². The van der Waals surface area contributed by atoms with Gasteiger partial charge >= 0.3 is 5.97 Å². The number of carbonyl (C=O) groups is 1. The van der Waals surface area contributed by atoms with Crippen LogP contribution in [0.3, 0.4) is 0 Å². The summed E-state index contributed by atoms with van der Waals surface area (Å²) in [6, 6.07) is 8.57. The van der Waals surface area contributed by atoms with E-state index >= 15 is 0 Å². The topological polar surface area (TPSA) is 61.3 Å². The van der Waals surface area contributed by atoms with E-state index in [1.54, 1.807) is 31.2 Å². The Bertz CT molecular complexity index is 636. The van der Waals surface area contributed by atoms with Gasteiger partial charge in [0.1, 0.15) is 17.3 Å². The molecule has 0 radical (unpaired) electrons. The van der Waals surface area contributed by atoms with Crippen molar-refractivity contribution in [1.82, 2.24) is 9.97 Å². The lowest BCUT2D eigenvalue weighted by atomic mass is 10.3. The quantitative estimate of drug-likeness (QED) is 0.624. The molecule has 0 spiro atoms. The van der Waals surface area contributed by atoms with Crippen molar-refractivity contribution >= 4 is 5.97 Å². The molecule has 0 unspecified atom stereocenters. The standard InChI is InChI=1S/C16H16N2O3/c1-11-17-9-8-15(18-11)16(19)21-14-6-4-13(5-7-14)20-10-12-2-3-12/h4-9,12H,2-3,10H2,1H3. The van der Waals surface area contributed by atoms with Crippen LogP contribution in [0.25, 0.3) is 0 Å². The van der Waals surface area contributed by atoms with E-state index < -0.39 is 5.97 Å². The summed E-state index contributed by atoms with van der Waals surface area (Å²) in [6.45, 7) is 2.49. The SMILES string of the molecule is Cc1nccc(C(=O)Oc2ccc(OCC3CC3)cc2)n1. The van der Waals surface area contributed by atoms with Gasteiger partial charge in [0.2, 0.25) is 0 Å². The molecule has 1 aliphatic rings. The smallest absolute Gasteiger partial charge is 0.362 e. The van der Waals surface area contributed by atoms with Crippen LogP contribution in [0.1, 0.15) is 29.2 Å². The van der Waals surface area contributed by atoms with E-state index in [4.69, 9.17) is 9.47 Å². The van der Waals surface area contributed by atoms with Gasteiger partial charge in [0, 0.05) is 6.20 Å². The number of benzene rings is 1. The molecule has 0 amide bonds. The Morgan fingerprint density at radius 1 is 1.19 bits per heavy atom. The zero-order valence-electron chi connectivity index (χ0n) is 11.8. The third-order valence-corrected chi connectivity index (χ3v) is 3.20. The average Bonchev–Trinajstić information content (AvgIpc) is 3.31. The van der Waals surface area contributed by atoms with E-state index in [1.807, 2.05) is 0 Å². The van der Waals surface area contributed by atoms with Crippen molar-refractivity contribution in [3.8, 4) is 11.5 Å². The zero-order valence-corrected chi connectivity index (χ0v) is 11.8. The second-order valence-electron chi connectivity index (χ2n) is 5.10. The number of ether oxygens (including phenoxy) is 2. The van der Waals surface area contributed by atoms with Gasteiger partial charge < -0.3 is 9.47 Å². The molecule has 1 fully saturated rings. The molecule has 0 bridgehead atoms. The Labute approximate surface area is 123 Å². The van der Waals surface area contributed by atoms with Crippen LogP contribution in [0.4, 0.5) is 0 Å². The van der Waals surface area contributed by atoms with E-state index in [9.17, 15) is 4.79 Å². The van der Waals surface area contributed by atoms with Crippen molar-refractivity contribution in [3.05, 3.63) is 48.0 Å². The number of nitrogens with zero attached hydrogens (tertiary/aromatic N) is 2. The third-order valence-electron chi connectivity index (χ3n) is 3.20. The highest BCUT2D eigenvalue weighted by molar-refractivity contribution is 5.88. The first-order valence-electron chi connectivity index (χ1n) is 6.95. The van der Waals surface area contributed by atoms with E-state index in [-0.39, 0.29) is 5.69 Å². The molecule has 21 heavy (non-hydrogen) atoms. The molecule has 3 rings (SSSR count). The summed E-state index contributed by atoms with van der Waals surface area (Å²) >= 11 is 0. The molecule has 0 N–H and O–H groups in total. The van der Waals surface area contributed by atoms with Crippen molar-refractivity contribution in [1.29, 1.82) is 0 Å². The molecule has 2 aromatic rings. The Kier molecular flexibility index (Phi) is 3.81. The molecule has 0 saturated heterocycles. The number of carbonyl (C=O) groups excluding carboxylic acids is 1. The molecular formula is C16H16N2O3. The summed E-state index contributed by atoms with van der Waals surface area (Å²) < 4.78 is 10.9. The Morgan fingerprint density at radius 2 is 1.90 bits per heavy atom. The lowest BCUT2D eigenvalue weighted by Crippen LogP contribution is -2.11. The summed E-state index contributed by atoms with van der Waals surface area (Å²) in [5.74, 6) is 2.01. The fourth-order valence-corrected chi connectivity index (χ4v) is 1.83. The fourth-order valence-electron chi connectivity index (χ4n) is 1.83. The Morgan fingerprint density at radius 3 is 2.57 bits per heavy atom. The summed E-state index contributed by atoms with van der Waals surface area (Å²) in [7, 11) is 0. The van der Waals surface area contributed by atoms with Crippen LogP contribution in [-0.2, 0) is 0 Å². The number of hydrogen-bond acceptors (Lipinski definition) is 5. The van der Waals surface area contributed by atoms with Crippen LogP contribution in [0.5, 0.6) is 11.5 Å². The monoisotopic (exact) mass is 284 g/mol. The molecule has 5 nitrogen and oxygen atoms in total. The highest BCUT2D eigenvalue weighted by Crippen LogP contribution is 2.29. The van der Waals surface area contributed by atoms with Crippen LogP contribution in [0, 0.1) is 12.8 Å². The normalized spacial score (nSPS) is 13.8. The molecule has 108 valence electrons. The maximum Gasteiger partial charge on any atom is 0.362 e. The molecule has 1 aliphatic carbocycles. The van der Waals surface area contributed by atoms with Gasteiger partial charge in [0.15, 0.2) is 5.69 Å². The van der Waals surface area contributed by atoms with E-state index in [0.717, 1.165) is 12.4 Å². The zero-order chi connectivity index (χ0) is 14.7. The molecule has 1 aromatic carbocycles.